The van der Waals surface area contributed by atoms with E-state index in [1.807, 2.05) is 42.5 Å². The number of aromatic nitrogens is 2. The number of carboxylic acids is 1. The summed E-state index contributed by atoms with van der Waals surface area (Å²) in [5.74, 6) is -1.10. The number of nitrogens with zero attached hydrogens (tertiary/aromatic N) is 1. The van der Waals surface area contributed by atoms with Crippen molar-refractivity contribution in [2.75, 3.05) is 19.0 Å². The third-order valence-corrected chi connectivity index (χ3v) is 6.58. The molecular weight excluding hydrogens is 446 g/mol. The van der Waals surface area contributed by atoms with Gasteiger partial charge in [0, 0.05) is 5.56 Å². The Morgan fingerprint density at radius 3 is 2.52 bits per heavy atom. The summed E-state index contributed by atoms with van der Waals surface area (Å²) in [6.45, 7) is -0.211. The van der Waals surface area contributed by atoms with E-state index in [9.17, 15) is 19.5 Å². The minimum Gasteiger partial charge on any atom is -0.482 e. The number of ether oxygens (including phenoxy) is 2. The number of hydrogen-bond acceptors (Lipinski definition) is 7. The summed E-state index contributed by atoms with van der Waals surface area (Å²) in [6.07, 6.45) is -0.317. The Bertz CT molecular complexity index is 1160. The van der Waals surface area contributed by atoms with Crippen molar-refractivity contribution in [2.45, 2.75) is 16.9 Å². The Hall–Kier alpha value is -3.79. The number of carbonyl (C=O) groups excluding carboxylic acids is 2. The zero-order valence-corrected chi connectivity index (χ0v) is 18.4. The predicted octanol–water partition coefficient (Wildman–Crippen LogP) is 3.25. The van der Waals surface area contributed by atoms with E-state index in [0.717, 1.165) is 22.4 Å². The lowest BCUT2D eigenvalue weighted by atomic mass is 10.00. The molecule has 0 bridgehead atoms. The standard InChI is InChI=1S/C23H21N3O6S/c1-31-18(29)12-32-15-9-7-14(8-10-15)21-19-20(13-5-3-2-4-6-13)25-26-22(19)24-23(30)16(33-21)11-17(27)28/h2-10,16,21H,11-12H2,1H3,(H,27,28)(H2,24,25,26,30). The first-order valence-electron chi connectivity index (χ1n) is 10.1. The van der Waals surface area contributed by atoms with Gasteiger partial charge in [-0.1, -0.05) is 42.5 Å². The molecule has 3 N–H and O–H groups in total. The Labute approximate surface area is 193 Å². The summed E-state index contributed by atoms with van der Waals surface area (Å²) in [5.41, 5.74) is 3.22. The molecule has 1 amide bonds. The maximum atomic E-state index is 12.8. The minimum absolute atomic E-state index is 0.211. The highest BCUT2D eigenvalue weighted by molar-refractivity contribution is 8.01. The van der Waals surface area contributed by atoms with Crippen LogP contribution in [0.5, 0.6) is 5.75 Å². The van der Waals surface area contributed by atoms with Gasteiger partial charge < -0.3 is 19.9 Å². The molecule has 1 aliphatic heterocycles. The number of rotatable bonds is 7. The van der Waals surface area contributed by atoms with Gasteiger partial charge in [-0.3, -0.25) is 14.7 Å². The Balaban J connectivity index is 1.73. The number of fused-ring (bicyclic) bond motifs is 1. The van der Waals surface area contributed by atoms with Crippen LogP contribution < -0.4 is 10.1 Å². The monoisotopic (exact) mass is 467 g/mol. The molecule has 1 aliphatic rings. The van der Waals surface area contributed by atoms with Gasteiger partial charge in [-0.25, -0.2) is 4.79 Å². The van der Waals surface area contributed by atoms with Gasteiger partial charge in [0.1, 0.15) is 5.75 Å². The molecule has 0 fully saturated rings. The molecule has 2 heterocycles. The number of H-pyrrole nitrogens is 1. The Morgan fingerprint density at radius 2 is 1.85 bits per heavy atom. The van der Waals surface area contributed by atoms with Crippen molar-refractivity contribution < 1.29 is 29.0 Å². The van der Waals surface area contributed by atoms with Crippen LogP contribution in [0.15, 0.2) is 54.6 Å². The van der Waals surface area contributed by atoms with Gasteiger partial charge in [0.2, 0.25) is 5.91 Å². The number of anilines is 1. The SMILES string of the molecule is COC(=O)COc1ccc(C2SC(CC(=O)O)C(=O)Nc3n[nH]c(-c4ccccc4)c32)cc1. The van der Waals surface area contributed by atoms with Crippen LogP contribution in [0.25, 0.3) is 11.3 Å². The lowest BCUT2D eigenvalue weighted by molar-refractivity contribution is -0.143. The first-order valence-corrected chi connectivity index (χ1v) is 11.0. The number of carboxylic acid groups (broad SMARTS) is 1. The topological polar surface area (TPSA) is 131 Å². The van der Waals surface area contributed by atoms with Crippen LogP contribution in [0, 0.1) is 0 Å². The van der Waals surface area contributed by atoms with E-state index in [2.05, 4.69) is 20.3 Å². The number of esters is 1. The van der Waals surface area contributed by atoms with E-state index >= 15 is 0 Å². The first-order chi connectivity index (χ1) is 16.0. The van der Waals surface area contributed by atoms with E-state index in [1.165, 1.54) is 18.9 Å². The van der Waals surface area contributed by atoms with Gasteiger partial charge in [0.15, 0.2) is 12.4 Å². The molecule has 0 saturated carbocycles. The average Bonchev–Trinajstić information content (AvgIpc) is 3.18. The van der Waals surface area contributed by atoms with Crippen molar-refractivity contribution in [3.8, 4) is 17.0 Å². The van der Waals surface area contributed by atoms with Gasteiger partial charge in [-0.2, -0.15) is 5.10 Å². The second-order valence-corrected chi connectivity index (χ2v) is 8.57. The van der Waals surface area contributed by atoms with Crippen LogP contribution in [0.4, 0.5) is 5.82 Å². The molecule has 4 rings (SSSR count). The molecule has 170 valence electrons. The maximum absolute atomic E-state index is 12.8. The number of aliphatic carboxylic acids is 1. The number of carbonyl (C=O) groups is 3. The van der Waals surface area contributed by atoms with Crippen LogP contribution in [-0.4, -0.2) is 52.1 Å². The smallest absolute Gasteiger partial charge is 0.343 e. The van der Waals surface area contributed by atoms with Crippen molar-refractivity contribution in [1.29, 1.82) is 0 Å². The number of amides is 1. The number of hydrogen-bond donors (Lipinski definition) is 3. The fraction of sp³-hybridized carbons (Fsp3) is 0.217. The van der Waals surface area contributed by atoms with Crippen molar-refractivity contribution in [3.05, 3.63) is 65.7 Å². The molecule has 3 aromatic rings. The zero-order valence-electron chi connectivity index (χ0n) is 17.6. The fourth-order valence-electron chi connectivity index (χ4n) is 3.50. The third-order valence-electron chi connectivity index (χ3n) is 5.09. The summed E-state index contributed by atoms with van der Waals surface area (Å²) < 4.78 is 10.00. The molecule has 0 spiro atoms. The van der Waals surface area contributed by atoms with Crippen LogP contribution in [-0.2, 0) is 19.1 Å². The molecule has 9 nitrogen and oxygen atoms in total. The highest BCUT2D eigenvalue weighted by atomic mass is 32.2. The number of nitrogens with one attached hydrogen (secondary N) is 2. The van der Waals surface area contributed by atoms with E-state index in [4.69, 9.17) is 4.74 Å². The van der Waals surface area contributed by atoms with Gasteiger partial charge in [-0.15, -0.1) is 11.8 Å². The first kappa shape index (κ1) is 22.4. The zero-order chi connectivity index (χ0) is 23.4. The van der Waals surface area contributed by atoms with Gasteiger partial charge in [0.25, 0.3) is 0 Å². The van der Waals surface area contributed by atoms with Crippen LogP contribution in [0.3, 0.4) is 0 Å². The van der Waals surface area contributed by atoms with Crippen LogP contribution in [0.2, 0.25) is 0 Å². The summed E-state index contributed by atoms with van der Waals surface area (Å²) in [6, 6.07) is 16.7. The predicted molar refractivity (Wildman–Crippen MR) is 122 cm³/mol. The lowest BCUT2D eigenvalue weighted by Gasteiger charge is -2.20. The van der Waals surface area contributed by atoms with Crippen molar-refractivity contribution in [1.82, 2.24) is 10.2 Å². The van der Waals surface area contributed by atoms with Gasteiger partial charge in [0.05, 0.1) is 29.7 Å². The second-order valence-electron chi connectivity index (χ2n) is 7.25. The molecule has 2 atom stereocenters. The quantitative estimate of drug-likeness (QED) is 0.452. The number of aromatic amines is 1. The Morgan fingerprint density at radius 1 is 1.12 bits per heavy atom. The van der Waals surface area contributed by atoms with E-state index in [0.29, 0.717) is 11.6 Å². The molecule has 0 radical (unpaired) electrons. The largest absolute Gasteiger partial charge is 0.482 e. The van der Waals surface area contributed by atoms with Crippen molar-refractivity contribution >= 4 is 35.4 Å². The van der Waals surface area contributed by atoms with Crippen LogP contribution >= 0.6 is 11.8 Å². The molecule has 2 aromatic carbocycles. The minimum atomic E-state index is -1.06. The molecule has 10 heteroatoms. The third kappa shape index (κ3) is 5.01. The Kier molecular flexibility index (Phi) is 6.64. The summed E-state index contributed by atoms with van der Waals surface area (Å²) in [7, 11) is 1.29. The van der Waals surface area contributed by atoms with Crippen molar-refractivity contribution in [3.63, 3.8) is 0 Å². The van der Waals surface area contributed by atoms with Crippen molar-refractivity contribution in [2.24, 2.45) is 0 Å². The summed E-state index contributed by atoms with van der Waals surface area (Å²) in [5, 5.41) is 18.2. The lowest BCUT2D eigenvalue weighted by Crippen LogP contribution is -2.26. The average molecular weight is 468 g/mol. The van der Waals surface area contributed by atoms with E-state index in [-0.39, 0.29) is 18.3 Å². The van der Waals surface area contributed by atoms with Crippen LogP contribution in [0.1, 0.15) is 22.8 Å². The highest BCUT2D eigenvalue weighted by Gasteiger charge is 2.36. The molecule has 0 saturated heterocycles. The number of thioether (sulfide) groups is 1. The normalized spacial score (nSPS) is 17.4. The summed E-state index contributed by atoms with van der Waals surface area (Å²) in [4.78, 5) is 35.5. The van der Waals surface area contributed by atoms with Gasteiger partial charge >= 0.3 is 11.9 Å². The highest BCUT2D eigenvalue weighted by Crippen LogP contribution is 2.48. The van der Waals surface area contributed by atoms with E-state index < -0.39 is 23.1 Å². The molecule has 0 aliphatic carbocycles. The molecule has 33 heavy (non-hydrogen) atoms. The molecular formula is C23H21N3O6S. The molecule has 1 aromatic heterocycles. The van der Waals surface area contributed by atoms with Gasteiger partial charge in [-0.05, 0) is 23.3 Å². The van der Waals surface area contributed by atoms with E-state index in [1.54, 1.807) is 12.1 Å². The number of benzene rings is 2. The maximum Gasteiger partial charge on any atom is 0.343 e. The summed E-state index contributed by atoms with van der Waals surface area (Å²) >= 11 is 1.26. The fourth-order valence-corrected chi connectivity index (χ4v) is 4.93. The number of methoxy groups -OCH3 is 1. The molecule has 2 unspecified atom stereocenters. The second kappa shape index (κ2) is 9.78.